The third-order valence-corrected chi connectivity index (χ3v) is 1.97. The van der Waals surface area contributed by atoms with Crippen molar-refractivity contribution >= 4 is 11.9 Å². The topological polar surface area (TPSA) is 69.6 Å². The maximum absolute atomic E-state index is 12.3. The third-order valence-electron chi connectivity index (χ3n) is 1.97. The van der Waals surface area contributed by atoms with Crippen LogP contribution in [0.25, 0.3) is 0 Å². The molecule has 8 heteroatoms. The molecule has 5 nitrogen and oxygen atoms in total. The summed E-state index contributed by atoms with van der Waals surface area (Å²) in [5.41, 5.74) is -3.41. The van der Waals surface area contributed by atoms with Crippen molar-refractivity contribution in [3.05, 3.63) is 0 Å². The second kappa shape index (κ2) is 2.84. The van der Waals surface area contributed by atoms with Gasteiger partial charge in [0.1, 0.15) is 0 Å². The van der Waals surface area contributed by atoms with Crippen LogP contribution in [-0.2, 0) is 4.79 Å². The quantitative estimate of drug-likeness (QED) is 0.584. The van der Waals surface area contributed by atoms with E-state index in [1.165, 1.54) is 0 Å². The normalized spacial score (nSPS) is 29.1. The van der Waals surface area contributed by atoms with Crippen LogP contribution in [0.5, 0.6) is 0 Å². The van der Waals surface area contributed by atoms with Gasteiger partial charge in [-0.05, 0) is 0 Å². The predicted octanol–water partition coefficient (Wildman–Crippen LogP) is -0.191. The number of alkyl halides is 3. The van der Waals surface area contributed by atoms with Gasteiger partial charge in [-0.25, -0.2) is 4.79 Å². The molecule has 1 aliphatic rings. The van der Waals surface area contributed by atoms with E-state index in [4.69, 9.17) is 5.11 Å². The molecular formula is C6H7F3N2O3. The highest BCUT2D eigenvalue weighted by Gasteiger charge is 2.61. The Balaban J connectivity index is 3.07. The molecule has 1 aliphatic heterocycles. The van der Waals surface area contributed by atoms with Crippen LogP contribution in [0.15, 0.2) is 0 Å². The smallest absolute Gasteiger partial charge is 0.363 e. The Morgan fingerprint density at radius 2 is 2.00 bits per heavy atom. The number of rotatable bonds is 0. The zero-order valence-corrected chi connectivity index (χ0v) is 7.05. The van der Waals surface area contributed by atoms with Gasteiger partial charge in [0.2, 0.25) is 11.6 Å². The SMILES string of the molecule is CN1C(=O)NC(=O)CC1(O)C(F)(F)F. The fourth-order valence-corrected chi connectivity index (χ4v) is 1.05. The number of imide groups is 1. The number of carbonyl (C=O) groups excluding carboxylic acids is 2. The van der Waals surface area contributed by atoms with E-state index in [0.717, 1.165) is 7.05 Å². The van der Waals surface area contributed by atoms with Crippen LogP contribution in [0.3, 0.4) is 0 Å². The van der Waals surface area contributed by atoms with Gasteiger partial charge in [0.15, 0.2) is 0 Å². The van der Waals surface area contributed by atoms with Crippen molar-refractivity contribution in [3.8, 4) is 0 Å². The first-order valence-corrected chi connectivity index (χ1v) is 3.55. The summed E-state index contributed by atoms with van der Waals surface area (Å²) in [6.07, 6.45) is -6.27. The summed E-state index contributed by atoms with van der Waals surface area (Å²) >= 11 is 0. The molecule has 0 saturated carbocycles. The maximum atomic E-state index is 12.3. The average molecular weight is 212 g/mol. The number of carbonyl (C=O) groups is 2. The second-order valence-electron chi connectivity index (χ2n) is 2.90. The number of halogens is 3. The van der Waals surface area contributed by atoms with E-state index in [2.05, 4.69) is 0 Å². The van der Waals surface area contributed by atoms with Gasteiger partial charge in [0, 0.05) is 7.05 Å². The van der Waals surface area contributed by atoms with Gasteiger partial charge in [-0.15, -0.1) is 0 Å². The number of amides is 3. The van der Waals surface area contributed by atoms with Crippen LogP contribution in [-0.4, -0.2) is 40.9 Å². The van der Waals surface area contributed by atoms with Gasteiger partial charge >= 0.3 is 12.2 Å². The lowest BCUT2D eigenvalue weighted by Crippen LogP contribution is -2.67. The summed E-state index contributed by atoms with van der Waals surface area (Å²) in [4.78, 5) is 21.5. The van der Waals surface area contributed by atoms with E-state index < -0.39 is 30.3 Å². The van der Waals surface area contributed by atoms with Gasteiger partial charge in [-0.1, -0.05) is 0 Å². The van der Waals surface area contributed by atoms with Crippen molar-refractivity contribution in [2.24, 2.45) is 0 Å². The average Bonchev–Trinajstić information content (AvgIpc) is 1.97. The zero-order valence-electron chi connectivity index (χ0n) is 7.05. The highest BCUT2D eigenvalue weighted by atomic mass is 19.4. The zero-order chi connectivity index (χ0) is 11.1. The van der Waals surface area contributed by atoms with E-state index in [9.17, 15) is 22.8 Å². The van der Waals surface area contributed by atoms with Crippen LogP contribution < -0.4 is 5.32 Å². The van der Waals surface area contributed by atoms with Crippen molar-refractivity contribution in [1.29, 1.82) is 0 Å². The highest BCUT2D eigenvalue weighted by molar-refractivity contribution is 5.97. The van der Waals surface area contributed by atoms with Crippen LogP contribution in [0.1, 0.15) is 6.42 Å². The van der Waals surface area contributed by atoms with Gasteiger partial charge in [-0.3, -0.25) is 15.0 Å². The fraction of sp³-hybridized carbons (Fsp3) is 0.667. The van der Waals surface area contributed by atoms with Crippen molar-refractivity contribution < 1.29 is 27.9 Å². The molecule has 0 radical (unpaired) electrons. The molecule has 0 aromatic rings. The Morgan fingerprint density at radius 3 is 2.43 bits per heavy atom. The number of nitrogens with zero attached hydrogens (tertiary/aromatic N) is 1. The lowest BCUT2D eigenvalue weighted by molar-refractivity contribution is -0.303. The largest absolute Gasteiger partial charge is 0.437 e. The Labute approximate surface area is 76.5 Å². The van der Waals surface area contributed by atoms with Gasteiger partial charge < -0.3 is 5.11 Å². The molecule has 0 aromatic carbocycles. The van der Waals surface area contributed by atoms with Crippen molar-refractivity contribution in [2.75, 3.05) is 7.05 Å². The Bertz CT molecular complexity index is 291. The standard InChI is InChI=1S/C6H7F3N2O3/c1-11-4(13)10-3(12)2-5(11,14)6(7,8)9/h14H,2H2,1H3,(H,10,12,13). The van der Waals surface area contributed by atoms with Crippen LogP contribution in [0.4, 0.5) is 18.0 Å². The molecule has 0 spiro atoms. The molecule has 0 bridgehead atoms. The minimum absolute atomic E-state index is 0.0500. The summed E-state index contributed by atoms with van der Waals surface area (Å²) in [5.74, 6) is -1.16. The number of hydrogen-bond acceptors (Lipinski definition) is 3. The second-order valence-corrected chi connectivity index (χ2v) is 2.90. The predicted molar refractivity (Wildman–Crippen MR) is 36.9 cm³/mol. The van der Waals surface area contributed by atoms with Gasteiger partial charge in [0.05, 0.1) is 6.42 Å². The summed E-state index contributed by atoms with van der Waals surface area (Å²) in [7, 11) is 0.759. The van der Waals surface area contributed by atoms with Crippen LogP contribution in [0, 0.1) is 0 Å². The molecule has 1 saturated heterocycles. The molecule has 3 amide bonds. The summed E-state index contributed by atoms with van der Waals surface area (Å²) < 4.78 is 36.9. The summed E-state index contributed by atoms with van der Waals surface area (Å²) in [6.45, 7) is 0. The molecule has 14 heavy (non-hydrogen) atoms. The number of hydrogen-bond donors (Lipinski definition) is 2. The molecule has 1 atom stereocenters. The Kier molecular flexibility index (Phi) is 2.18. The molecule has 1 fully saturated rings. The maximum Gasteiger partial charge on any atom is 0.437 e. The third kappa shape index (κ3) is 1.41. The summed E-state index contributed by atoms with van der Waals surface area (Å²) in [6, 6.07) is -1.28. The number of aliphatic hydroxyl groups is 1. The van der Waals surface area contributed by atoms with Crippen molar-refractivity contribution in [2.45, 2.75) is 18.3 Å². The minimum Gasteiger partial charge on any atom is -0.363 e. The van der Waals surface area contributed by atoms with E-state index in [1.807, 2.05) is 0 Å². The fourth-order valence-electron chi connectivity index (χ4n) is 1.05. The first-order valence-electron chi connectivity index (χ1n) is 3.55. The van der Waals surface area contributed by atoms with E-state index >= 15 is 0 Å². The molecule has 1 rings (SSSR count). The molecule has 1 unspecified atom stereocenters. The Morgan fingerprint density at radius 1 is 1.50 bits per heavy atom. The first-order chi connectivity index (χ1) is 6.18. The van der Waals surface area contributed by atoms with Crippen LogP contribution >= 0.6 is 0 Å². The van der Waals surface area contributed by atoms with E-state index in [-0.39, 0.29) is 4.90 Å². The minimum atomic E-state index is -5.06. The van der Waals surface area contributed by atoms with Gasteiger partial charge in [0.25, 0.3) is 0 Å². The van der Waals surface area contributed by atoms with E-state index in [1.54, 1.807) is 5.32 Å². The van der Waals surface area contributed by atoms with E-state index in [0.29, 0.717) is 0 Å². The van der Waals surface area contributed by atoms with Gasteiger partial charge in [-0.2, -0.15) is 13.2 Å². The first kappa shape index (κ1) is 10.8. The number of nitrogens with one attached hydrogen (secondary N) is 1. The lowest BCUT2D eigenvalue weighted by Gasteiger charge is -2.40. The number of urea groups is 1. The molecular weight excluding hydrogens is 205 g/mol. The molecule has 80 valence electrons. The monoisotopic (exact) mass is 212 g/mol. The molecule has 0 aliphatic carbocycles. The van der Waals surface area contributed by atoms with Crippen molar-refractivity contribution in [1.82, 2.24) is 10.2 Å². The molecule has 0 aromatic heterocycles. The molecule has 1 heterocycles. The summed E-state index contributed by atoms with van der Waals surface area (Å²) in [5, 5.41) is 10.8. The van der Waals surface area contributed by atoms with Crippen molar-refractivity contribution in [3.63, 3.8) is 0 Å². The Hall–Kier alpha value is -1.31. The lowest BCUT2D eigenvalue weighted by atomic mass is 10.1. The highest BCUT2D eigenvalue weighted by Crippen LogP contribution is 2.36. The van der Waals surface area contributed by atoms with Crippen LogP contribution in [0.2, 0.25) is 0 Å². The molecule has 2 N–H and O–H groups in total.